The van der Waals surface area contributed by atoms with Crippen LogP contribution in [0.1, 0.15) is 11.1 Å². The maximum absolute atomic E-state index is 12.3. The standard InChI is InChI=1S/C11H13F3N2O2/c12-11(13,14)9-3-1-8(2-4-9)7-16-10(18)15-5-6-17/h1-4,17H,5-7H2,(H2,15,16,18). The Bertz CT molecular complexity index is 390. The number of hydrogen-bond donors (Lipinski definition) is 3. The molecule has 1 aromatic rings. The predicted octanol–water partition coefficient (Wildman–Crippen LogP) is 1.50. The molecule has 0 spiro atoms. The third-order valence-corrected chi connectivity index (χ3v) is 2.13. The van der Waals surface area contributed by atoms with Gasteiger partial charge in [-0.25, -0.2) is 4.79 Å². The van der Waals surface area contributed by atoms with E-state index in [1.807, 2.05) is 0 Å². The zero-order valence-corrected chi connectivity index (χ0v) is 9.42. The first-order valence-electron chi connectivity index (χ1n) is 5.22. The number of aliphatic hydroxyl groups is 1. The van der Waals surface area contributed by atoms with Crippen LogP contribution in [0.2, 0.25) is 0 Å². The molecule has 0 aliphatic carbocycles. The predicted molar refractivity (Wildman–Crippen MR) is 58.8 cm³/mol. The fourth-order valence-corrected chi connectivity index (χ4v) is 1.23. The molecule has 1 rings (SSSR count). The molecule has 7 heteroatoms. The molecule has 0 heterocycles. The van der Waals surface area contributed by atoms with Crippen LogP contribution in [-0.2, 0) is 12.7 Å². The molecule has 0 bridgehead atoms. The number of rotatable bonds is 4. The lowest BCUT2D eigenvalue weighted by molar-refractivity contribution is -0.137. The zero-order chi connectivity index (χ0) is 13.6. The summed E-state index contributed by atoms with van der Waals surface area (Å²) in [6.07, 6.45) is -4.36. The van der Waals surface area contributed by atoms with E-state index in [0.29, 0.717) is 5.56 Å². The van der Waals surface area contributed by atoms with E-state index in [9.17, 15) is 18.0 Å². The molecular formula is C11H13F3N2O2. The van der Waals surface area contributed by atoms with Crippen molar-refractivity contribution in [1.82, 2.24) is 10.6 Å². The molecule has 3 N–H and O–H groups in total. The SMILES string of the molecule is O=C(NCCO)NCc1ccc(C(F)(F)F)cc1. The van der Waals surface area contributed by atoms with E-state index in [1.54, 1.807) is 0 Å². The number of nitrogens with one attached hydrogen (secondary N) is 2. The lowest BCUT2D eigenvalue weighted by Crippen LogP contribution is -2.36. The van der Waals surface area contributed by atoms with Crippen molar-refractivity contribution in [1.29, 1.82) is 0 Å². The highest BCUT2D eigenvalue weighted by molar-refractivity contribution is 5.73. The number of aliphatic hydroxyl groups excluding tert-OH is 1. The Kier molecular flexibility index (Phi) is 4.96. The van der Waals surface area contributed by atoms with Gasteiger partial charge in [-0.15, -0.1) is 0 Å². The number of hydrogen-bond acceptors (Lipinski definition) is 2. The van der Waals surface area contributed by atoms with E-state index < -0.39 is 17.8 Å². The molecule has 0 atom stereocenters. The average molecular weight is 262 g/mol. The van der Waals surface area contributed by atoms with Crippen molar-refractivity contribution in [2.24, 2.45) is 0 Å². The Hall–Kier alpha value is -1.76. The summed E-state index contributed by atoms with van der Waals surface area (Å²) >= 11 is 0. The largest absolute Gasteiger partial charge is 0.416 e. The Morgan fingerprint density at radius 2 is 1.78 bits per heavy atom. The van der Waals surface area contributed by atoms with Gasteiger partial charge in [-0.05, 0) is 17.7 Å². The van der Waals surface area contributed by atoms with Crippen molar-refractivity contribution < 1.29 is 23.1 Å². The monoisotopic (exact) mass is 262 g/mol. The summed E-state index contributed by atoms with van der Waals surface area (Å²) in [6, 6.07) is 4.04. The number of halogens is 3. The number of benzene rings is 1. The van der Waals surface area contributed by atoms with Crippen molar-refractivity contribution in [2.75, 3.05) is 13.2 Å². The quantitative estimate of drug-likeness (QED) is 0.770. The lowest BCUT2D eigenvalue weighted by Gasteiger charge is -2.09. The zero-order valence-electron chi connectivity index (χ0n) is 9.42. The van der Waals surface area contributed by atoms with E-state index in [0.717, 1.165) is 12.1 Å². The average Bonchev–Trinajstić information content (AvgIpc) is 2.33. The van der Waals surface area contributed by atoms with Crippen molar-refractivity contribution in [2.45, 2.75) is 12.7 Å². The second-order valence-corrected chi connectivity index (χ2v) is 3.53. The molecule has 100 valence electrons. The molecular weight excluding hydrogens is 249 g/mol. The Balaban J connectivity index is 2.47. The third-order valence-electron chi connectivity index (χ3n) is 2.13. The van der Waals surface area contributed by atoms with Gasteiger partial charge >= 0.3 is 12.2 Å². The lowest BCUT2D eigenvalue weighted by atomic mass is 10.1. The van der Waals surface area contributed by atoms with E-state index in [-0.39, 0.29) is 19.7 Å². The Labute approximate surface area is 102 Å². The first kappa shape index (κ1) is 14.3. The van der Waals surface area contributed by atoms with Gasteiger partial charge in [0.1, 0.15) is 0 Å². The number of carbonyl (C=O) groups is 1. The van der Waals surface area contributed by atoms with Crippen LogP contribution in [0.15, 0.2) is 24.3 Å². The van der Waals surface area contributed by atoms with Crippen molar-refractivity contribution in [3.8, 4) is 0 Å². The van der Waals surface area contributed by atoms with Crippen LogP contribution in [0.25, 0.3) is 0 Å². The van der Waals surface area contributed by atoms with E-state index in [2.05, 4.69) is 10.6 Å². The Morgan fingerprint density at radius 1 is 1.17 bits per heavy atom. The maximum Gasteiger partial charge on any atom is 0.416 e. The molecule has 1 aromatic carbocycles. The molecule has 0 saturated heterocycles. The van der Waals surface area contributed by atoms with Gasteiger partial charge in [0.2, 0.25) is 0 Å². The highest BCUT2D eigenvalue weighted by Crippen LogP contribution is 2.28. The number of carbonyl (C=O) groups excluding carboxylic acids is 1. The summed E-state index contributed by atoms with van der Waals surface area (Å²) in [4.78, 5) is 11.1. The molecule has 0 radical (unpaired) electrons. The second-order valence-electron chi connectivity index (χ2n) is 3.53. The van der Waals surface area contributed by atoms with Crippen molar-refractivity contribution >= 4 is 6.03 Å². The van der Waals surface area contributed by atoms with Gasteiger partial charge in [-0.1, -0.05) is 12.1 Å². The first-order chi connectivity index (χ1) is 8.43. The summed E-state index contributed by atoms with van der Waals surface area (Å²) in [5.41, 5.74) is -0.168. The fourth-order valence-electron chi connectivity index (χ4n) is 1.23. The van der Waals surface area contributed by atoms with Gasteiger partial charge in [0.25, 0.3) is 0 Å². The summed E-state index contributed by atoms with van der Waals surface area (Å²) in [6.45, 7) is 0.0714. The van der Waals surface area contributed by atoms with Crippen LogP contribution in [-0.4, -0.2) is 24.3 Å². The van der Waals surface area contributed by atoms with Gasteiger partial charge in [0.15, 0.2) is 0 Å². The molecule has 0 saturated carbocycles. The topological polar surface area (TPSA) is 61.4 Å². The maximum atomic E-state index is 12.3. The van der Waals surface area contributed by atoms with Gasteiger partial charge in [0.05, 0.1) is 12.2 Å². The van der Waals surface area contributed by atoms with E-state index in [1.165, 1.54) is 12.1 Å². The summed E-state index contributed by atoms with van der Waals surface area (Å²) in [5.74, 6) is 0. The normalized spacial score (nSPS) is 11.1. The minimum Gasteiger partial charge on any atom is -0.395 e. The van der Waals surface area contributed by atoms with Gasteiger partial charge in [-0.3, -0.25) is 0 Å². The molecule has 0 unspecified atom stereocenters. The minimum absolute atomic E-state index is 0.120. The summed E-state index contributed by atoms with van der Waals surface area (Å²) in [7, 11) is 0. The third kappa shape index (κ3) is 4.62. The second kappa shape index (κ2) is 6.25. The summed E-state index contributed by atoms with van der Waals surface area (Å²) < 4.78 is 36.8. The fraction of sp³-hybridized carbons (Fsp3) is 0.364. The number of alkyl halides is 3. The molecule has 0 aromatic heterocycles. The minimum atomic E-state index is -4.36. The molecule has 2 amide bonds. The molecule has 0 fully saturated rings. The van der Waals surface area contributed by atoms with E-state index >= 15 is 0 Å². The first-order valence-corrected chi connectivity index (χ1v) is 5.22. The van der Waals surface area contributed by atoms with Crippen LogP contribution in [0.3, 0.4) is 0 Å². The highest BCUT2D eigenvalue weighted by atomic mass is 19.4. The van der Waals surface area contributed by atoms with Crippen LogP contribution >= 0.6 is 0 Å². The smallest absolute Gasteiger partial charge is 0.395 e. The summed E-state index contributed by atoms with van der Waals surface area (Å²) in [5, 5.41) is 13.3. The van der Waals surface area contributed by atoms with Crippen LogP contribution in [0, 0.1) is 0 Å². The van der Waals surface area contributed by atoms with Gasteiger partial charge in [-0.2, -0.15) is 13.2 Å². The van der Waals surface area contributed by atoms with Gasteiger partial charge in [0, 0.05) is 13.1 Å². The molecule has 4 nitrogen and oxygen atoms in total. The van der Waals surface area contributed by atoms with Crippen molar-refractivity contribution in [3.63, 3.8) is 0 Å². The van der Waals surface area contributed by atoms with E-state index in [4.69, 9.17) is 5.11 Å². The molecule has 18 heavy (non-hydrogen) atoms. The molecule has 0 aliphatic rings. The highest BCUT2D eigenvalue weighted by Gasteiger charge is 2.29. The van der Waals surface area contributed by atoms with Crippen molar-refractivity contribution in [3.05, 3.63) is 35.4 Å². The number of urea groups is 1. The van der Waals surface area contributed by atoms with Crippen LogP contribution in [0.5, 0.6) is 0 Å². The van der Waals surface area contributed by atoms with Crippen LogP contribution in [0.4, 0.5) is 18.0 Å². The van der Waals surface area contributed by atoms with Crippen LogP contribution < -0.4 is 10.6 Å². The molecule has 0 aliphatic heterocycles. The number of amides is 2. The van der Waals surface area contributed by atoms with Gasteiger partial charge < -0.3 is 15.7 Å². The Morgan fingerprint density at radius 3 is 2.28 bits per heavy atom.